The molecule has 2 N–H and O–H groups in total. The number of halogens is 1. The highest BCUT2D eigenvalue weighted by atomic mass is 19.1. The SMILES string of the molecule is CCC1(CO)CCN(C(=O)NC(c2ccc(F)cc2)C2CCC2)CC1. The monoisotopic (exact) mass is 348 g/mol. The lowest BCUT2D eigenvalue weighted by molar-refractivity contribution is 0.0506. The number of likely N-dealkylation sites (tertiary alicyclic amines) is 1. The van der Waals surface area contributed by atoms with Crippen molar-refractivity contribution in [3.63, 3.8) is 0 Å². The van der Waals surface area contributed by atoms with Gasteiger partial charge in [0.15, 0.2) is 0 Å². The van der Waals surface area contributed by atoms with Gasteiger partial charge >= 0.3 is 6.03 Å². The molecule has 5 heteroatoms. The summed E-state index contributed by atoms with van der Waals surface area (Å²) in [5.74, 6) is 0.185. The second kappa shape index (κ2) is 7.73. The Kier molecular flexibility index (Phi) is 5.62. The number of piperidine rings is 1. The van der Waals surface area contributed by atoms with Gasteiger partial charge in [0.25, 0.3) is 0 Å². The molecule has 4 nitrogen and oxygen atoms in total. The summed E-state index contributed by atoms with van der Waals surface area (Å²) in [5, 5.41) is 12.8. The lowest BCUT2D eigenvalue weighted by Gasteiger charge is -2.41. The second-order valence-corrected chi connectivity index (χ2v) is 7.67. The molecular formula is C20H29FN2O2. The molecule has 2 aliphatic rings. The predicted octanol–water partition coefficient (Wildman–Crippen LogP) is 3.86. The van der Waals surface area contributed by atoms with Crippen molar-refractivity contribution in [3.8, 4) is 0 Å². The number of nitrogens with zero attached hydrogens (tertiary/aromatic N) is 1. The molecule has 2 fully saturated rings. The highest BCUT2D eigenvalue weighted by Crippen LogP contribution is 2.38. The molecular weight excluding hydrogens is 319 g/mol. The molecule has 1 unspecified atom stereocenters. The van der Waals surface area contributed by atoms with Crippen LogP contribution in [0.15, 0.2) is 24.3 Å². The highest BCUT2D eigenvalue weighted by Gasteiger charge is 2.36. The number of aliphatic hydroxyl groups excluding tert-OH is 1. The molecule has 1 aliphatic heterocycles. The minimum Gasteiger partial charge on any atom is -0.396 e. The van der Waals surface area contributed by atoms with Crippen LogP contribution in [-0.4, -0.2) is 35.7 Å². The predicted molar refractivity (Wildman–Crippen MR) is 95.6 cm³/mol. The summed E-state index contributed by atoms with van der Waals surface area (Å²) in [6.45, 7) is 3.66. The summed E-state index contributed by atoms with van der Waals surface area (Å²) in [6.07, 6.45) is 6.03. The van der Waals surface area contributed by atoms with Crippen LogP contribution in [0.3, 0.4) is 0 Å². The third-order valence-electron chi connectivity index (χ3n) is 6.33. The average Bonchev–Trinajstić information content (AvgIpc) is 2.60. The first-order valence-corrected chi connectivity index (χ1v) is 9.49. The number of amides is 2. The Balaban J connectivity index is 1.64. The number of hydrogen-bond donors (Lipinski definition) is 2. The Morgan fingerprint density at radius 3 is 2.44 bits per heavy atom. The van der Waals surface area contributed by atoms with Crippen LogP contribution in [0, 0.1) is 17.2 Å². The summed E-state index contributed by atoms with van der Waals surface area (Å²) in [6, 6.07) is 6.41. The third-order valence-corrected chi connectivity index (χ3v) is 6.33. The maximum atomic E-state index is 13.2. The van der Waals surface area contributed by atoms with Crippen LogP contribution >= 0.6 is 0 Å². The van der Waals surface area contributed by atoms with E-state index in [2.05, 4.69) is 12.2 Å². The molecule has 1 aromatic rings. The van der Waals surface area contributed by atoms with Crippen molar-refractivity contribution in [2.75, 3.05) is 19.7 Å². The molecule has 0 radical (unpaired) electrons. The van der Waals surface area contributed by atoms with Crippen molar-refractivity contribution in [2.24, 2.45) is 11.3 Å². The number of nitrogens with one attached hydrogen (secondary N) is 1. The van der Waals surface area contributed by atoms with Gasteiger partial charge in [-0.05, 0) is 61.1 Å². The van der Waals surface area contributed by atoms with Gasteiger partial charge in [-0.25, -0.2) is 9.18 Å². The van der Waals surface area contributed by atoms with E-state index >= 15 is 0 Å². The van der Waals surface area contributed by atoms with Crippen LogP contribution < -0.4 is 5.32 Å². The Morgan fingerprint density at radius 2 is 1.96 bits per heavy atom. The molecule has 2 amide bonds. The topological polar surface area (TPSA) is 52.6 Å². The van der Waals surface area contributed by atoms with E-state index in [0.29, 0.717) is 19.0 Å². The van der Waals surface area contributed by atoms with Gasteiger partial charge in [-0.2, -0.15) is 0 Å². The van der Waals surface area contributed by atoms with Gasteiger partial charge in [0.2, 0.25) is 0 Å². The molecule has 1 saturated heterocycles. The van der Waals surface area contributed by atoms with Crippen LogP contribution in [-0.2, 0) is 0 Å². The Hall–Kier alpha value is -1.62. The highest BCUT2D eigenvalue weighted by molar-refractivity contribution is 5.75. The summed E-state index contributed by atoms with van der Waals surface area (Å²) < 4.78 is 13.2. The first kappa shape index (κ1) is 18.2. The molecule has 0 bridgehead atoms. The maximum Gasteiger partial charge on any atom is 0.317 e. The van der Waals surface area contributed by atoms with Gasteiger partial charge in [0.1, 0.15) is 5.82 Å². The number of hydrogen-bond acceptors (Lipinski definition) is 2. The zero-order valence-electron chi connectivity index (χ0n) is 15.0. The largest absolute Gasteiger partial charge is 0.396 e. The number of rotatable bonds is 5. The average molecular weight is 348 g/mol. The molecule has 1 atom stereocenters. The number of urea groups is 1. The molecule has 0 aromatic heterocycles. The smallest absolute Gasteiger partial charge is 0.317 e. The van der Waals surface area contributed by atoms with E-state index in [1.165, 1.54) is 18.6 Å². The fourth-order valence-electron chi connectivity index (χ4n) is 3.95. The number of benzene rings is 1. The fraction of sp³-hybridized carbons (Fsp3) is 0.650. The molecule has 25 heavy (non-hydrogen) atoms. The fourth-order valence-corrected chi connectivity index (χ4v) is 3.95. The maximum absolute atomic E-state index is 13.2. The van der Waals surface area contributed by atoms with Gasteiger partial charge in [0, 0.05) is 19.7 Å². The molecule has 1 aliphatic carbocycles. The van der Waals surface area contributed by atoms with Crippen LogP contribution in [0.5, 0.6) is 0 Å². The Bertz CT molecular complexity index is 572. The standard InChI is InChI=1S/C20H29FN2O2/c1-2-20(14-24)10-12-23(13-11-20)19(25)22-18(15-4-3-5-15)16-6-8-17(21)9-7-16/h6-9,15,18,24H,2-5,10-14H2,1H3,(H,22,25). The molecule has 1 saturated carbocycles. The number of carbonyl (C=O) groups excluding carboxylic acids is 1. The van der Waals surface area contributed by atoms with Crippen LogP contribution in [0.25, 0.3) is 0 Å². The van der Waals surface area contributed by atoms with Crippen molar-refractivity contribution in [2.45, 2.75) is 51.5 Å². The van der Waals surface area contributed by atoms with Crippen LogP contribution in [0.4, 0.5) is 9.18 Å². The first-order valence-electron chi connectivity index (χ1n) is 9.49. The summed E-state index contributed by atoms with van der Waals surface area (Å²) in [7, 11) is 0. The minimum atomic E-state index is -0.252. The first-order chi connectivity index (χ1) is 12.1. The van der Waals surface area contributed by atoms with E-state index in [9.17, 15) is 14.3 Å². The lowest BCUT2D eigenvalue weighted by Crippen LogP contribution is -2.50. The van der Waals surface area contributed by atoms with E-state index in [4.69, 9.17) is 0 Å². The van der Waals surface area contributed by atoms with E-state index in [-0.39, 0.29) is 29.9 Å². The second-order valence-electron chi connectivity index (χ2n) is 7.67. The van der Waals surface area contributed by atoms with E-state index < -0.39 is 0 Å². The van der Waals surface area contributed by atoms with Gasteiger partial charge in [-0.1, -0.05) is 25.5 Å². The zero-order chi connectivity index (χ0) is 17.9. The lowest BCUT2D eigenvalue weighted by atomic mass is 9.76. The van der Waals surface area contributed by atoms with Crippen molar-refractivity contribution >= 4 is 6.03 Å². The Labute approximate surface area is 149 Å². The van der Waals surface area contributed by atoms with Gasteiger partial charge in [0.05, 0.1) is 6.04 Å². The molecule has 3 rings (SSSR count). The molecule has 1 aromatic carbocycles. The van der Waals surface area contributed by atoms with Gasteiger partial charge < -0.3 is 15.3 Å². The quantitative estimate of drug-likeness (QED) is 0.849. The van der Waals surface area contributed by atoms with Crippen LogP contribution in [0.2, 0.25) is 0 Å². The van der Waals surface area contributed by atoms with Gasteiger partial charge in [-0.15, -0.1) is 0 Å². The molecule has 1 heterocycles. The van der Waals surface area contributed by atoms with Crippen molar-refractivity contribution in [1.82, 2.24) is 10.2 Å². The van der Waals surface area contributed by atoms with E-state index in [1.807, 2.05) is 4.90 Å². The van der Waals surface area contributed by atoms with E-state index in [0.717, 1.165) is 37.7 Å². The Morgan fingerprint density at radius 1 is 1.32 bits per heavy atom. The molecule has 0 spiro atoms. The molecule has 138 valence electrons. The minimum absolute atomic E-state index is 0.0267. The van der Waals surface area contributed by atoms with Crippen LogP contribution in [0.1, 0.15) is 57.1 Å². The third kappa shape index (κ3) is 3.97. The summed E-state index contributed by atoms with van der Waals surface area (Å²) >= 11 is 0. The summed E-state index contributed by atoms with van der Waals surface area (Å²) in [4.78, 5) is 14.6. The van der Waals surface area contributed by atoms with E-state index in [1.54, 1.807) is 12.1 Å². The van der Waals surface area contributed by atoms with Crippen molar-refractivity contribution in [1.29, 1.82) is 0 Å². The zero-order valence-corrected chi connectivity index (χ0v) is 15.0. The number of aliphatic hydroxyl groups is 1. The van der Waals surface area contributed by atoms with Crippen molar-refractivity contribution in [3.05, 3.63) is 35.6 Å². The summed E-state index contributed by atoms with van der Waals surface area (Å²) in [5.41, 5.74) is 0.955. The van der Waals surface area contributed by atoms with Gasteiger partial charge in [-0.3, -0.25) is 0 Å². The normalized spacial score (nSPS) is 21.5. The van der Waals surface area contributed by atoms with Crippen molar-refractivity contribution < 1.29 is 14.3 Å². The number of carbonyl (C=O) groups is 1.